The Morgan fingerprint density at radius 3 is 1.61 bits per heavy atom. The minimum Gasteiger partial charge on any atom is -0.496 e. The zero-order valence-corrected chi connectivity index (χ0v) is 34.3. The van der Waals surface area contributed by atoms with E-state index in [1.165, 1.54) is 72.2 Å². The molecule has 0 saturated heterocycles. The number of rotatable bonds is 12. The number of aliphatic hydroxyl groups is 2. The first kappa shape index (κ1) is 46.3. The molecule has 17 heteroatoms. The van der Waals surface area contributed by atoms with Crippen LogP contribution >= 0.6 is 0 Å². The van der Waals surface area contributed by atoms with Crippen molar-refractivity contribution in [2.45, 2.75) is 94.7 Å². The van der Waals surface area contributed by atoms with E-state index in [0.29, 0.717) is 21.9 Å². The zero-order valence-electron chi connectivity index (χ0n) is 34.3. The van der Waals surface area contributed by atoms with Crippen molar-refractivity contribution in [2.75, 3.05) is 14.2 Å². The summed E-state index contributed by atoms with van der Waals surface area (Å²) in [5.41, 5.74) is -5.59. The number of methoxy groups -OCH3 is 2. The van der Waals surface area contributed by atoms with Crippen molar-refractivity contribution in [3.05, 3.63) is 118 Å². The highest BCUT2D eigenvalue weighted by molar-refractivity contribution is 5.80. The molecular formula is C44H45F8N5O4. The van der Waals surface area contributed by atoms with Gasteiger partial charge in [0.1, 0.15) is 34.9 Å². The van der Waals surface area contributed by atoms with E-state index in [-0.39, 0.29) is 39.7 Å². The van der Waals surface area contributed by atoms with Crippen LogP contribution in [0, 0.1) is 29.9 Å². The molecule has 4 aromatic heterocycles. The molecule has 61 heavy (non-hydrogen) atoms. The number of halogens is 8. The molecule has 0 aliphatic heterocycles. The molecule has 2 atom stereocenters. The lowest BCUT2D eigenvalue weighted by molar-refractivity contribution is -0.266. The highest BCUT2D eigenvalue weighted by atomic mass is 19.4. The van der Waals surface area contributed by atoms with Gasteiger partial charge in [-0.2, -0.15) is 31.6 Å². The predicted molar refractivity (Wildman–Crippen MR) is 212 cm³/mol. The average molecular weight is 860 g/mol. The first-order valence-corrected chi connectivity index (χ1v) is 18.8. The lowest BCUT2D eigenvalue weighted by Crippen LogP contribution is -2.51. The van der Waals surface area contributed by atoms with Crippen LogP contribution in [-0.4, -0.2) is 67.9 Å². The molecule has 2 aromatic carbocycles. The second kappa shape index (κ2) is 17.0. The third-order valence-corrected chi connectivity index (χ3v) is 10.6. The fourth-order valence-corrected chi connectivity index (χ4v) is 7.73. The van der Waals surface area contributed by atoms with Crippen molar-refractivity contribution in [3.63, 3.8) is 0 Å². The first-order chi connectivity index (χ1) is 28.2. The maximum atomic E-state index is 14.0. The van der Waals surface area contributed by atoms with E-state index in [1.54, 1.807) is 31.3 Å². The number of nitrogens with zero attached hydrogens (tertiary/aromatic N) is 3. The molecule has 9 nitrogen and oxygen atoms in total. The fourth-order valence-electron chi connectivity index (χ4n) is 7.73. The summed E-state index contributed by atoms with van der Waals surface area (Å²) in [5, 5.41) is 31.2. The number of pyridine rings is 2. The number of hydrogen-bond acceptors (Lipinski definition) is 7. The van der Waals surface area contributed by atoms with Gasteiger partial charge in [0.2, 0.25) is 0 Å². The molecule has 0 amide bonds. The number of fused-ring (bicyclic) bond motifs is 2. The lowest BCUT2D eigenvalue weighted by Gasteiger charge is -2.38. The molecule has 0 bridgehead atoms. The van der Waals surface area contributed by atoms with Gasteiger partial charge in [0.15, 0.2) is 11.2 Å². The van der Waals surface area contributed by atoms with Gasteiger partial charge in [-0.25, -0.2) is 13.8 Å². The smallest absolute Gasteiger partial charge is 0.417 e. The summed E-state index contributed by atoms with van der Waals surface area (Å²) in [6.45, 7) is 7.82. The molecular weight excluding hydrogens is 814 g/mol. The van der Waals surface area contributed by atoms with E-state index in [2.05, 4.69) is 19.9 Å². The summed E-state index contributed by atoms with van der Waals surface area (Å²) in [5.74, 6) is -0.713. The number of nitriles is 1. The minimum absolute atomic E-state index is 0.111. The first-order valence-electron chi connectivity index (χ1n) is 18.8. The Kier molecular flexibility index (Phi) is 12.9. The molecule has 0 saturated carbocycles. The molecule has 0 radical (unpaired) electrons. The number of aryl methyl sites for hydroxylation is 1. The van der Waals surface area contributed by atoms with Crippen LogP contribution in [0.5, 0.6) is 11.5 Å². The molecule has 326 valence electrons. The highest BCUT2D eigenvalue weighted by Crippen LogP contribution is 2.47. The largest absolute Gasteiger partial charge is 0.496 e. The Balaban J connectivity index is 0.000000231. The topological polar surface area (TPSA) is 140 Å². The summed E-state index contributed by atoms with van der Waals surface area (Å²) in [7, 11) is 2.71. The van der Waals surface area contributed by atoms with E-state index < -0.39 is 71.7 Å². The van der Waals surface area contributed by atoms with Gasteiger partial charge in [0.25, 0.3) is 0 Å². The van der Waals surface area contributed by atoms with E-state index in [0.717, 1.165) is 23.9 Å². The van der Waals surface area contributed by atoms with Crippen LogP contribution in [0.25, 0.3) is 21.9 Å². The van der Waals surface area contributed by atoms with Gasteiger partial charge in [-0.15, -0.1) is 0 Å². The molecule has 0 fully saturated rings. The standard InChI is InChI=1S/C22H21F4N3O2.C22H24F4N2O2/c1-20(2,16-8-13(23)4-7-19(16)31-3)12-21(30,22(24,25)26)10-15-9-18-17(29-15)6-5-14(11-27)28-18;1-13-7-18-14(11-27-13)8-16(28-18)10-21(29,22(24,25)26)12-20(2,3)17-9-15(23)5-6-19(17)30-4/h4-9,29-30H,10,12H2,1-3H3;5-9,11,28-29H,10,12H2,1-4H3. The number of benzene rings is 2. The summed E-state index contributed by atoms with van der Waals surface area (Å²) in [6, 6.07) is 16.8. The Labute approximate surface area is 346 Å². The fraction of sp³-hybridized carbons (Fsp3) is 0.386. The van der Waals surface area contributed by atoms with Gasteiger partial charge in [-0.05, 0) is 97.3 Å². The van der Waals surface area contributed by atoms with Gasteiger partial charge < -0.3 is 29.7 Å². The number of H-pyrrole nitrogens is 2. The number of aromatic amines is 2. The Morgan fingerprint density at radius 2 is 1.15 bits per heavy atom. The van der Waals surface area contributed by atoms with Crippen molar-refractivity contribution in [2.24, 2.45) is 0 Å². The monoisotopic (exact) mass is 859 g/mol. The average Bonchev–Trinajstić information content (AvgIpc) is 3.75. The summed E-state index contributed by atoms with van der Waals surface area (Å²) >= 11 is 0. The minimum atomic E-state index is -4.96. The highest BCUT2D eigenvalue weighted by Gasteiger charge is 2.57. The number of hydrogen-bond donors (Lipinski definition) is 4. The summed E-state index contributed by atoms with van der Waals surface area (Å²) < 4.78 is 122. The number of alkyl halides is 6. The summed E-state index contributed by atoms with van der Waals surface area (Å²) in [6.07, 6.45) is -11.2. The Bertz CT molecular complexity index is 2560. The van der Waals surface area contributed by atoms with Crippen molar-refractivity contribution < 1.29 is 54.8 Å². The molecule has 4 heterocycles. The van der Waals surface area contributed by atoms with Crippen LogP contribution in [0.2, 0.25) is 0 Å². The van der Waals surface area contributed by atoms with Crippen molar-refractivity contribution >= 4 is 21.9 Å². The van der Waals surface area contributed by atoms with Crippen molar-refractivity contribution in [3.8, 4) is 17.6 Å². The summed E-state index contributed by atoms with van der Waals surface area (Å²) in [4.78, 5) is 13.9. The molecule has 6 aromatic rings. The van der Waals surface area contributed by atoms with E-state index in [9.17, 15) is 45.3 Å². The maximum Gasteiger partial charge on any atom is 0.417 e. The van der Waals surface area contributed by atoms with Crippen LogP contribution in [0.4, 0.5) is 35.1 Å². The third kappa shape index (κ3) is 10.3. The van der Waals surface area contributed by atoms with Gasteiger partial charge >= 0.3 is 12.4 Å². The zero-order chi connectivity index (χ0) is 45.3. The third-order valence-electron chi connectivity index (χ3n) is 10.6. The molecule has 4 N–H and O–H groups in total. The van der Waals surface area contributed by atoms with Gasteiger partial charge in [0.05, 0.1) is 25.3 Å². The quantitative estimate of drug-likeness (QED) is 0.0899. The van der Waals surface area contributed by atoms with Crippen LogP contribution in [0.1, 0.15) is 74.4 Å². The second-order valence-corrected chi connectivity index (χ2v) is 16.5. The number of aromatic nitrogens is 4. The maximum absolute atomic E-state index is 14.0. The van der Waals surface area contributed by atoms with E-state index in [4.69, 9.17) is 14.7 Å². The van der Waals surface area contributed by atoms with Gasteiger partial charge in [-0.1, -0.05) is 27.7 Å². The van der Waals surface area contributed by atoms with E-state index in [1.807, 2.05) is 6.07 Å². The Morgan fingerprint density at radius 1 is 0.672 bits per heavy atom. The van der Waals surface area contributed by atoms with Gasteiger partial charge in [0, 0.05) is 58.2 Å². The van der Waals surface area contributed by atoms with Crippen molar-refractivity contribution in [1.82, 2.24) is 19.9 Å². The van der Waals surface area contributed by atoms with Crippen LogP contribution < -0.4 is 9.47 Å². The van der Waals surface area contributed by atoms with E-state index >= 15 is 0 Å². The van der Waals surface area contributed by atoms with Gasteiger partial charge in [-0.3, -0.25) is 4.98 Å². The molecule has 0 aliphatic rings. The molecule has 0 aliphatic carbocycles. The number of ether oxygens (including phenoxy) is 2. The molecule has 2 unspecified atom stereocenters. The molecule has 0 spiro atoms. The Hall–Kier alpha value is -5.73. The lowest BCUT2D eigenvalue weighted by atomic mass is 9.73. The number of nitrogens with one attached hydrogen (secondary N) is 2. The normalized spacial score (nSPS) is 14.5. The molecule has 6 rings (SSSR count). The van der Waals surface area contributed by atoms with Crippen molar-refractivity contribution in [1.29, 1.82) is 5.26 Å². The van der Waals surface area contributed by atoms with Crippen LogP contribution in [-0.2, 0) is 23.7 Å². The predicted octanol–water partition coefficient (Wildman–Crippen LogP) is 10.0. The second-order valence-electron chi connectivity index (χ2n) is 16.5. The van der Waals surface area contributed by atoms with Crippen LogP contribution in [0.15, 0.2) is 72.9 Å². The SMILES string of the molecule is COc1ccc(F)cc1C(C)(C)CC(O)(Cc1cc2cnc(C)cc2[nH]1)C(F)(F)F.COc1ccc(F)cc1C(C)(C)CC(O)(Cc1cc2nc(C#N)ccc2[nH]1)C(F)(F)F. The van der Waals surface area contributed by atoms with Crippen LogP contribution in [0.3, 0.4) is 0 Å².